The number of nitrogens with one attached hydrogen (secondary N) is 1. The predicted octanol–water partition coefficient (Wildman–Crippen LogP) is 4.32. The van der Waals surface area contributed by atoms with Gasteiger partial charge in [0.05, 0.1) is 12.1 Å². The quantitative estimate of drug-likeness (QED) is 0.766. The summed E-state index contributed by atoms with van der Waals surface area (Å²) < 4.78 is 5.54. The first kappa shape index (κ1) is 16.4. The topological polar surface area (TPSA) is 38.3 Å². The highest BCUT2D eigenvalue weighted by Gasteiger charge is 2.31. The van der Waals surface area contributed by atoms with Crippen LogP contribution >= 0.6 is 0 Å². The number of ether oxygens (including phenoxy) is 1. The van der Waals surface area contributed by atoms with Gasteiger partial charge in [0.1, 0.15) is 5.75 Å². The van der Waals surface area contributed by atoms with E-state index in [1.165, 1.54) is 0 Å². The summed E-state index contributed by atoms with van der Waals surface area (Å²) in [5.74, 6) is 0.797. The third-order valence-corrected chi connectivity index (χ3v) is 5.02. The van der Waals surface area contributed by atoms with Crippen LogP contribution in [0.5, 0.6) is 5.75 Å². The lowest BCUT2D eigenvalue weighted by Gasteiger charge is -2.32. The minimum absolute atomic E-state index is 0.0880. The average Bonchev–Trinajstić information content (AvgIpc) is 3.17. The Labute approximate surface area is 153 Å². The highest BCUT2D eigenvalue weighted by molar-refractivity contribution is 5.95. The fourth-order valence-electron chi connectivity index (χ4n) is 3.48. The molecule has 0 spiro atoms. The van der Waals surface area contributed by atoms with Crippen molar-refractivity contribution >= 4 is 5.91 Å². The minimum Gasteiger partial charge on any atom is -0.493 e. The van der Waals surface area contributed by atoms with Crippen molar-refractivity contribution < 1.29 is 9.53 Å². The van der Waals surface area contributed by atoms with Gasteiger partial charge in [0.15, 0.2) is 0 Å². The fourth-order valence-corrected chi connectivity index (χ4v) is 3.48. The first-order valence-corrected chi connectivity index (χ1v) is 8.86. The summed E-state index contributed by atoms with van der Waals surface area (Å²) in [6.07, 6.45) is 0.852. The molecule has 3 heteroatoms. The maximum absolute atomic E-state index is 13.1. The standard InChI is InChI=1S/C23H21NO2/c1-23(19-8-4-2-5-9-19,20-10-6-3-7-11-20)24-22(25)18-12-13-21-17(16-18)14-15-26-21/h2-13,16H,14-15H2,1H3,(H,24,25). The number of carbonyl (C=O) groups excluding carboxylic acids is 1. The van der Waals surface area contributed by atoms with Crippen LogP contribution in [-0.2, 0) is 12.0 Å². The van der Waals surface area contributed by atoms with Crippen molar-refractivity contribution in [3.8, 4) is 5.75 Å². The lowest BCUT2D eigenvalue weighted by atomic mass is 9.84. The van der Waals surface area contributed by atoms with Crippen molar-refractivity contribution in [3.63, 3.8) is 0 Å². The second kappa shape index (κ2) is 6.68. The highest BCUT2D eigenvalue weighted by Crippen LogP contribution is 2.30. The van der Waals surface area contributed by atoms with Gasteiger partial charge < -0.3 is 10.1 Å². The number of hydrogen-bond acceptors (Lipinski definition) is 2. The van der Waals surface area contributed by atoms with Crippen LogP contribution < -0.4 is 10.1 Å². The van der Waals surface area contributed by atoms with Gasteiger partial charge in [0, 0.05) is 12.0 Å². The fraction of sp³-hybridized carbons (Fsp3) is 0.174. The molecule has 0 bridgehead atoms. The summed E-state index contributed by atoms with van der Waals surface area (Å²) in [7, 11) is 0. The summed E-state index contributed by atoms with van der Waals surface area (Å²) in [5.41, 5.74) is 3.23. The first-order valence-electron chi connectivity index (χ1n) is 8.86. The molecule has 0 aromatic heterocycles. The SMILES string of the molecule is CC(NC(=O)c1ccc2c(c1)CCO2)(c1ccccc1)c1ccccc1. The molecule has 0 atom stereocenters. The number of benzene rings is 3. The minimum atomic E-state index is -0.616. The van der Waals surface area contributed by atoms with E-state index in [1.807, 2.05) is 85.8 Å². The molecular formula is C23H21NO2. The van der Waals surface area contributed by atoms with Gasteiger partial charge in [-0.15, -0.1) is 0 Å². The second-order valence-corrected chi connectivity index (χ2v) is 6.73. The van der Waals surface area contributed by atoms with Crippen LogP contribution in [0.2, 0.25) is 0 Å². The molecule has 0 unspecified atom stereocenters. The van der Waals surface area contributed by atoms with E-state index < -0.39 is 5.54 Å². The van der Waals surface area contributed by atoms with Crippen LogP contribution in [0.25, 0.3) is 0 Å². The zero-order valence-corrected chi connectivity index (χ0v) is 14.7. The molecule has 1 aliphatic rings. The Kier molecular flexibility index (Phi) is 4.21. The van der Waals surface area contributed by atoms with E-state index in [0.717, 1.165) is 28.9 Å². The number of hydrogen-bond donors (Lipinski definition) is 1. The highest BCUT2D eigenvalue weighted by atomic mass is 16.5. The van der Waals surface area contributed by atoms with E-state index in [0.29, 0.717) is 12.2 Å². The van der Waals surface area contributed by atoms with Crippen molar-refractivity contribution in [1.29, 1.82) is 0 Å². The van der Waals surface area contributed by atoms with Gasteiger partial charge in [0.25, 0.3) is 5.91 Å². The lowest BCUT2D eigenvalue weighted by Crippen LogP contribution is -2.44. The first-order chi connectivity index (χ1) is 12.7. The Morgan fingerprint density at radius 2 is 1.54 bits per heavy atom. The summed E-state index contributed by atoms with van der Waals surface area (Å²) >= 11 is 0. The van der Waals surface area contributed by atoms with E-state index in [4.69, 9.17) is 4.74 Å². The van der Waals surface area contributed by atoms with Crippen LogP contribution in [-0.4, -0.2) is 12.5 Å². The second-order valence-electron chi connectivity index (χ2n) is 6.73. The van der Waals surface area contributed by atoms with Gasteiger partial charge in [-0.3, -0.25) is 4.79 Å². The third-order valence-electron chi connectivity index (χ3n) is 5.02. The Hall–Kier alpha value is -3.07. The van der Waals surface area contributed by atoms with Gasteiger partial charge in [-0.2, -0.15) is 0 Å². The molecule has 0 saturated heterocycles. The predicted molar refractivity (Wildman–Crippen MR) is 102 cm³/mol. The van der Waals surface area contributed by atoms with Crippen molar-refractivity contribution in [2.75, 3.05) is 6.61 Å². The van der Waals surface area contributed by atoms with E-state index in [1.54, 1.807) is 0 Å². The molecule has 3 nitrogen and oxygen atoms in total. The molecule has 130 valence electrons. The van der Waals surface area contributed by atoms with Crippen LogP contribution in [0.4, 0.5) is 0 Å². The van der Waals surface area contributed by atoms with Crippen molar-refractivity contribution in [3.05, 3.63) is 101 Å². The number of carbonyl (C=O) groups is 1. The van der Waals surface area contributed by atoms with Gasteiger partial charge >= 0.3 is 0 Å². The summed E-state index contributed by atoms with van der Waals surface area (Å²) in [6, 6.07) is 25.8. The van der Waals surface area contributed by atoms with E-state index in [9.17, 15) is 4.79 Å². The van der Waals surface area contributed by atoms with Crippen LogP contribution in [0.3, 0.4) is 0 Å². The Morgan fingerprint density at radius 3 is 2.15 bits per heavy atom. The molecule has 26 heavy (non-hydrogen) atoms. The molecule has 1 heterocycles. The van der Waals surface area contributed by atoms with Crippen molar-refractivity contribution in [2.24, 2.45) is 0 Å². The molecule has 0 aliphatic carbocycles. The smallest absolute Gasteiger partial charge is 0.252 e. The lowest BCUT2D eigenvalue weighted by molar-refractivity contribution is 0.0919. The zero-order valence-electron chi connectivity index (χ0n) is 14.7. The Morgan fingerprint density at radius 1 is 0.923 bits per heavy atom. The number of fused-ring (bicyclic) bond motifs is 1. The maximum atomic E-state index is 13.1. The third kappa shape index (κ3) is 2.97. The van der Waals surface area contributed by atoms with Crippen LogP contribution in [0.15, 0.2) is 78.9 Å². The monoisotopic (exact) mass is 343 g/mol. The largest absolute Gasteiger partial charge is 0.493 e. The Balaban J connectivity index is 1.70. The molecular weight excluding hydrogens is 322 g/mol. The Bertz CT molecular complexity index is 880. The van der Waals surface area contributed by atoms with Gasteiger partial charge in [-0.25, -0.2) is 0 Å². The molecule has 1 aliphatic heterocycles. The summed E-state index contributed by atoms with van der Waals surface area (Å²) in [4.78, 5) is 13.1. The maximum Gasteiger partial charge on any atom is 0.252 e. The van der Waals surface area contributed by atoms with Gasteiger partial charge in [-0.1, -0.05) is 60.7 Å². The summed E-state index contributed by atoms with van der Waals surface area (Å²) in [5, 5.41) is 3.25. The van der Waals surface area contributed by atoms with E-state index >= 15 is 0 Å². The molecule has 0 radical (unpaired) electrons. The van der Waals surface area contributed by atoms with E-state index in [-0.39, 0.29) is 5.91 Å². The van der Waals surface area contributed by atoms with Crippen LogP contribution in [0.1, 0.15) is 34.0 Å². The van der Waals surface area contributed by atoms with Crippen molar-refractivity contribution in [2.45, 2.75) is 18.9 Å². The normalized spacial score (nSPS) is 13.0. The molecule has 1 N–H and O–H groups in total. The van der Waals surface area contributed by atoms with Gasteiger partial charge in [0.2, 0.25) is 0 Å². The van der Waals surface area contributed by atoms with Crippen molar-refractivity contribution in [1.82, 2.24) is 5.32 Å². The molecule has 3 aromatic carbocycles. The number of rotatable bonds is 4. The zero-order chi connectivity index (χ0) is 18.0. The molecule has 4 rings (SSSR count). The number of amides is 1. The average molecular weight is 343 g/mol. The molecule has 1 amide bonds. The molecule has 0 saturated carbocycles. The summed E-state index contributed by atoms with van der Waals surface area (Å²) in [6.45, 7) is 2.73. The molecule has 3 aromatic rings. The van der Waals surface area contributed by atoms with E-state index in [2.05, 4.69) is 5.32 Å². The van der Waals surface area contributed by atoms with Gasteiger partial charge in [-0.05, 0) is 41.8 Å². The molecule has 0 fully saturated rings. The van der Waals surface area contributed by atoms with Crippen LogP contribution in [0, 0.1) is 0 Å².